The first-order valence-corrected chi connectivity index (χ1v) is 12.5. The van der Waals surface area contributed by atoms with E-state index < -0.39 is 17.5 Å². The summed E-state index contributed by atoms with van der Waals surface area (Å²) >= 11 is 0. The van der Waals surface area contributed by atoms with Crippen molar-refractivity contribution >= 4 is 18.0 Å². The van der Waals surface area contributed by atoms with Crippen LogP contribution in [0, 0.1) is 11.3 Å². The minimum atomic E-state index is -0.914. The molecule has 2 aromatic rings. The van der Waals surface area contributed by atoms with Gasteiger partial charge in [-0.05, 0) is 54.9 Å². The Morgan fingerprint density at radius 1 is 1.03 bits per heavy atom. The minimum Gasteiger partial charge on any atom is -0.481 e. The van der Waals surface area contributed by atoms with E-state index in [1.807, 2.05) is 24.3 Å². The topological polar surface area (TPSA) is 95.9 Å². The van der Waals surface area contributed by atoms with Gasteiger partial charge in [-0.3, -0.25) is 9.59 Å². The summed E-state index contributed by atoms with van der Waals surface area (Å²) in [6, 6.07) is 16.1. The molecule has 0 radical (unpaired) electrons. The SMILES string of the molecule is CC1(C(=O)O)CCCN(C(=O)C2CCCC2NC(=O)OCC2c3ccccc3-c3ccccc32)C1. The van der Waals surface area contributed by atoms with Crippen LogP contribution in [0.5, 0.6) is 0 Å². The number of carbonyl (C=O) groups excluding carboxylic acids is 2. The number of carboxylic acid groups (broad SMARTS) is 1. The molecule has 2 N–H and O–H groups in total. The van der Waals surface area contributed by atoms with Gasteiger partial charge in [0.2, 0.25) is 5.91 Å². The Kier molecular flexibility index (Phi) is 6.26. The Hall–Kier alpha value is -3.35. The first-order valence-electron chi connectivity index (χ1n) is 12.5. The van der Waals surface area contributed by atoms with E-state index in [4.69, 9.17) is 4.74 Å². The van der Waals surface area contributed by atoms with Crippen molar-refractivity contribution in [2.45, 2.75) is 51.0 Å². The van der Waals surface area contributed by atoms with E-state index in [2.05, 4.69) is 29.6 Å². The van der Waals surface area contributed by atoms with Crippen LogP contribution in [-0.2, 0) is 14.3 Å². The number of piperidine rings is 1. The highest BCUT2D eigenvalue weighted by atomic mass is 16.5. The second kappa shape index (κ2) is 9.36. The molecule has 3 unspecified atom stereocenters. The second-order valence-electron chi connectivity index (χ2n) is 10.3. The van der Waals surface area contributed by atoms with Crippen molar-refractivity contribution < 1.29 is 24.2 Å². The number of fused-ring (bicyclic) bond motifs is 3. The van der Waals surface area contributed by atoms with Crippen molar-refractivity contribution in [1.82, 2.24) is 10.2 Å². The molecule has 1 saturated heterocycles. The van der Waals surface area contributed by atoms with Crippen LogP contribution in [0.1, 0.15) is 56.1 Å². The molecule has 7 heteroatoms. The van der Waals surface area contributed by atoms with Crippen LogP contribution in [0.2, 0.25) is 0 Å². The van der Waals surface area contributed by atoms with Crippen LogP contribution in [-0.4, -0.2) is 53.7 Å². The van der Waals surface area contributed by atoms with Gasteiger partial charge in [0.15, 0.2) is 0 Å². The summed E-state index contributed by atoms with van der Waals surface area (Å²) in [7, 11) is 0. The number of ether oxygens (including phenoxy) is 1. The van der Waals surface area contributed by atoms with Gasteiger partial charge in [0.25, 0.3) is 0 Å². The van der Waals surface area contributed by atoms with Crippen LogP contribution < -0.4 is 5.32 Å². The molecule has 1 saturated carbocycles. The molecule has 3 aliphatic rings. The van der Waals surface area contributed by atoms with Crippen molar-refractivity contribution in [2.75, 3.05) is 19.7 Å². The smallest absolute Gasteiger partial charge is 0.407 e. The Labute approximate surface area is 205 Å². The predicted octanol–water partition coefficient (Wildman–Crippen LogP) is 4.41. The molecule has 1 aliphatic heterocycles. The molecule has 7 nitrogen and oxygen atoms in total. The molecule has 5 rings (SSSR count). The molecule has 184 valence electrons. The zero-order valence-corrected chi connectivity index (χ0v) is 20.0. The van der Waals surface area contributed by atoms with Crippen molar-refractivity contribution in [3.05, 3.63) is 59.7 Å². The summed E-state index contributed by atoms with van der Waals surface area (Å²) < 4.78 is 5.69. The summed E-state index contributed by atoms with van der Waals surface area (Å²) in [6.07, 6.45) is 2.97. The fourth-order valence-corrected chi connectivity index (χ4v) is 6.06. The fourth-order valence-electron chi connectivity index (χ4n) is 6.06. The van der Waals surface area contributed by atoms with Crippen LogP contribution >= 0.6 is 0 Å². The van der Waals surface area contributed by atoms with Gasteiger partial charge in [-0.2, -0.15) is 0 Å². The van der Waals surface area contributed by atoms with E-state index in [-0.39, 0.29) is 36.9 Å². The van der Waals surface area contributed by atoms with Crippen LogP contribution in [0.3, 0.4) is 0 Å². The number of hydrogen-bond donors (Lipinski definition) is 2. The Balaban J connectivity index is 1.21. The lowest BCUT2D eigenvalue weighted by Crippen LogP contribution is -2.52. The molecule has 0 aromatic heterocycles. The molecular weight excluding hydrogens is 444 g/mol. The molecule has 1 heterocycles. The average Bonchev–Trinajstić information content (AvgIpc) is 3.44. The first-order chi connectivity index (χ1) is 16.9. The van der Waals surface area contributed by atoms with Crippen LogP contribution in [0.15, 0.2) is 48.5 Å². The third-order valence-electron chi connectivity index (χ3n) is 8.00. The summed E-state index contributed by atoms with van der Waals surface area (Å²) in [5.41, 5.74) is 3.74. The van der Waals surface area contributed by atoms with Gasteiger partial charge in [0.1, 0.15) is 6.61 Å². The van der Waals surface area contributed by atoms with E-state index in [9.17, 15) is 19.5 Å². The van der Waals surface area contributed by atoms with E-state index in [0.29, 0.717) is 32.2 Å². The van der Waals surface area contributed by atoms with Crippen molar-refractivity contribution in [3.63, 3.8) is 0 Å². The number of aliphatic carboxylic acids is 1. The van der Waals surface area contributed by atoms with Gasteiger partial charge in [-0.15, -0.1) is 0 Å². The lowest BCUT2D eigenvalue weighted by Gasteiger charge is -2.39. The highest BCUT2D eigenvalue weighted by molar-refractivity contribution is 5.83. The van der Waals surface area contributed by atoms with Crippen molar-refractivity contribution in [3.8, 4) is 11.1 Å². The highest BCUT2D eigenvalue weighted by Gasteiger charge is 2.43. The quantitative estimate of drug-likeness (QED) is 0.667. The van der Waals surface area contributed by atoms with Crippen LogP contribution in [0.4, 0.5) is 4.79 Å². The number of alkyl carbamates (subject to hydrolysis) is 1. The lowest BCUT2D eigenvalue weighted by molar-refractivity contribution is -0.154. The van der Waals surface area contributed by atoms with E-state index in [1.165, 1.54) is 11.1 Å². The van der Waals surface area contributed by atoms with E-state index in [0.717, 1.165) is 17.5 Å². The van der Waals surface area contributed by atoms with Gasteiger partial charge >= 0.3 is 12.1 Å². The standard InChI is InChI=1S/C28H32N2O5/c1-28(26(32)33)14-7-15-30(17-28)25(31)22-12-6-13-24(22)29-27(34)35-16-23-20-10-4-2-8-18(20)19-9-3-5-11-21(19)23/h2-5,8-11,22-24H,6-7,12-17H2,1H3,(H,29,34)(H,32,33). The molecule has 0 spiro atoms. The van der Waals surface area contributed by atoms with Gasteiger partial charge < -0.3 is 20.1 Å². The third kappa shape index (κ3) is 4.40. The van der Waals surface area contributed by atoms with Crippen LogP contribution in [0.25, 0.3) is 11.1 Å². The molecule has 2 amide bonds. The number of rotatable bonds is 5. The number of benzene rings is 2. The number of hydrogen-bond acceptors (Lipinski definition) is 4. The number of amides is 2. The van der Waals surface area contributed by atoms with Gasteiger partial charge in [-0.25, -0.2) is 4.79 Å². The maximum absolute atomic E-state index is 13.3. The second-order valence-corrected chi connectivity index (χ2v) is 10.3. The minimum absolute atomic E-state index is 0.0174. The summed E-state index contributed by atoms with van der Waals surface area (Å²) in [5, 5.41) is 12.5. The number of carboxylic acids is 1. The molecule has 2 aromatic carbocycles. The van der Waals surface area contributed by atoms with E-state index in [1.54, 1.807) is 11.8 Å². The van der Waals surface area contributed by atoms with Gasteiger partial charge in [-0.1, -0.05) is 55.0 Å². The fraction of sp³-hybridized carbons (Fsp3) is 0.464. The number of nitrogens with zero attached hydrogens (tertiary/aromatic N) is 1. The normalized spacial score (nSPS) is 25.6. The monoisotopic (exact) mass is 476 g/mol. The number of nitrogens with one attached hydrogen (secondary N) is 1. The maximum atomic E-state index is 13.3. The molecule has 35 heavy (non-hydrogen) atoms. The Morgan fingerprint density at radius 2 is 1.69 bits per heavy atom. The maximum Gasteiger partial charge on any atom is 0.407 e. The zero-order valence-electron chi connectivity index (χ0n) is 20.0. The lowest BCUT2D eigenvalue weighted by atomic mass is 9.81. The molecule has 0 bridgehead atoms. The molecular formula is C28H32N2O5. The zero-order chi connectivity index (χ0) is 24.6. The number of likely N-dealkylation sites (tertiary alicyclic amines) is 1. The van der Waals surface area contributed by atoms with Crippen molar-refractivity contribution in [1.29, 1.82) is 0 Å². The molecule has 3 atom stereocenters. The third-order valence-corrected chi connectivity index (χ3v) is 8.00. The largest absolute Gasteiger partial charge is 0.481 e. The van der Waals surface area contributed by atoms with Gasteiger partial charge in [0, 0.05) is 25.0 Å². The molecule has 2 fully saturated rings. The van der Waals surface area contributed by atoms with Crippen molar-refractivity contribution in [2.24, 2.45) is 11.3 Å². The summed E-state index contributed by atoms with van der Waals surface area (Å²) in [5.74, 6) is -1.28. The average molecular weight is 477 g/mol. The Morgan fingerprint density at radius 3 is 2.34 bits per heavy atom. The highest BCUT2D eigenvalue weighted by Crippen LogP contribution is 2.44. The Bertz CT molecular complexity index is 1100. The van der Waals surface area contributed by atoms with Gasteiger partial charge in [0.05, 0.1) is 11.3 Å². The summed E-state index contributed by atoms with van der Waals surface area (Å²) in [4.78, 5) is 39.4. The molecule has 2 aliphatic carbocycles. The summed E-state index contributed by atoms with van der Waals surface area (Å²) in [6.45, 7) is 2.72. The number of carbonyl (C=O) groups is 3. The predicted molar refractivity (Wildman–Crippen MR) is 131 cm³/mol. The van der Waals surface area contributed by atoms with E-state index >= 15 is 0 Å². The first kappa shape index (κ1) is 23.4.